The molecule has 3 heterocycles. The van der Waals surface area contributed by atoms with Gasteiger partial charge < -0.3 is 4.74 Å². The van der Waals surface area contributed by atoms with Gasteiger partial charge in [-0.05, 0) is 13.8 Å². The van der Waals surface area contributed by atoms with Gasteiger partial charge in [-0.1, -0.05) is 0 Å². The molecule has 5 atom stereocenters. The zero-order valence-electron chi connectivity index (χ0n) is 13.6. The topological polar surface area (TPSA) is 109 Å². The number of aromatic nitrogens is 2. The molecule has 1 aromatic heterocycles. The highest BCUT2D eigenvalue weighted by Gasteiger charge is 2.67. The monoisotopic (exact) mass is 400 g/mol. The number of phosphoric ester groups is 1. The first-order chi connectivity index (χ1) is 12.1. The zero-order valence-corrected chi connectivity index (χ0v) is 14.5. The lowest BCUT2D eigenvalue weighted by molar-refractivity contribution is -0.208. The van der Waals surface area contributed by atoms with Crippen LogP contribution in [-0.4, -0.2) is 46.6 Å². The molecule has 146 valence electrons. The Hall–Kier alpha value is -1.46. The van der Waals surface area contributed by atoms with Crippen LogP contribution in [0.25, 0.3) is 0 Å². The van der Waals surface area contributed by atoms with E-state index in [9.17, 15) is 27.3 Å². The van der Waals surface area contributed by atoms with E-state index in [0.29, 0.717) is 4.57 Å². The van der Waals surface area contributed by atoms with Crippen molar-refractivity contribution in [1.82, 2.24) is 9.55 Å². The van der Waals surface area contributed by atoms with Crippen LogP contribution in [0.1, 0.15) is 20.1 Å². The van der Waals surface area contributed by atoms with E-state index in [1.54, 1.807) is 0 Å². The van der Waals surface area contributed by atoms with Crippen LogP contribution in [0.2, 0.25) is 0 Å². The number of nitrogens with one attached hydrogen (secondary N) is 1. The summed E-state index contributed by atoms with van der Waals surface area (Å²) in [6, 6.07) is 0.901. The second kappa shape index (κ2) is 6.61. The highest BCUT2D eigenvalue weighted by atomic mass is 31.2. The summed E-state index contributed by atoms with van der Waals surface area (Å²) in [6.07, 6.45) is -9.17. The molecule has 3 rings (SSSR count). The fraction of sp³-hybridized carbons (Fsp3) is 0.692. The molecular weight excluding hydrogens is 384 g/mol. The molecule has 1 N–H and O–H groups in total. The van der Waals surface area contributed by atoms with Crippen LogP contribution in [0.15, 0.2) is 21.9 Å². The third-order valence-corrected chi connectivity index (χ3v) is 5.52. The van der Waals surface area contributed by atoms with Crippen LogP contribution < -0.4 is 11.2 Å². The van der Waals surface area contributed by atoms with E-state index in [-0.39, 0.29) is 0 Å². The van der Waals surface area contributed by atoms with Gasteiger partial charge in [0.2, 0.25) is 0 Å². The normalized spacial score (nSPS) is 37.3. The van der Waals surface area contributed by atoms with Gasteiger partial charge in [-0.3, -0.25) is 27.9 Å². The number of alkyl halides is 3. The van der Waals surface area contributed by atoms with Crippen molar-refractivity contribution in [2.45, 2.75) is 50.5 Å². The lowest BCUT2D eigenvalue weighted by Crippen LogP contribution is -2.55. The van der Waals surface area contributed by atoms with Crippen LogP contribution >= 0.6 is 7.82 Å². The summed E-state index contributed by atoms with van der Waals surface area (Å²) in [5.74, 6) is 0. The average molecular weight is 400 g/mol. The van der Waals surface area contributed by atoms with Crippen molar-refractivity contribution in [2.75, 3.05) is 6.61 Å². The standard InChI is InChI=1S/C13H16F3N2O7P/c1-6(2)24-26(21)22-5-13(11(15)16)9(25-26)8(14)10(23-13)18-4-3-7(19)17-12(18)20/h3-4,6,8-11H,5H2,1-2H3,(H,17,19,20)/t8-,9-,10+,13+,26?/m0/s1. The number of nitrogens with zero attached hydrogens (tertiary/aromatic N) is 1. The maximum absolute atomic E-state index is 14.9. The van der Waals surface area contributed by atoms with Gasteiger partial charge in [-0.25, -0.2) is 22.5 Å². The van der Waals surface area contributed by atoms with Crippen LogP contribution in [0.3, 0.4) is 0 Å². The maximum Gasteiger partial charge on any atom is 0.475 e. The maximum atomic E-state index is 14.9. The van der Waals surface area contributed by atoms with Gasteiger partial charge >= 0.3 is 13.5 Å². The summed E-state index contributed by atoms with van der Waals surface area (Å²) < 4.78 is 75.1. The Bertz CT molecular complexity index is 844. The second-order valence-electron chi connectivity index (χ2n) is 6.13. The third kappa shape index (κ3) is 3.16. The van der Waals surface area contributed by atoms with Crippen molar-refractivity contribution in [1.29, 1.82) is 0 Å². The Labute approximate surface area is 144 Å². The second-order valence-corrected chi connectivity index (χ2v) is 7.70. The van der Waals surface area contributed by atoms with Gasteiger partial charge in [0.05, 0.1) is 12.7 Å². The number of rotatable bonds is 4. The molecule has 13 heteroatoms. The minimum Gasteiger partial charge on any atom is -0.337 e. The van der Waals surface area contributed by atoms with Crippen LogP contribution in [-0.2, 0) is 22.9 Å². The third-order valence-electron chi connectivity index (χ3n) is 3.91. The van der Waals surface area contributed by atoms with Crippen molar-refractivity contribution >= 4 is 7.82 Å². The average Bonchev–Trinajstić information content (AvgIpc) is 2.80. The van der Waals surface area contributed by atoms with Crippen molar-refractivity contribution in [3.05, 3.63) is 33.1 Å². The molecule has 26 heavy (non-hydrogen) atoms. The van der Waals surface area contributed by atoms with E-state index in [0.717, 1.165) is 12.3 Å². The van der Waals surface area contributed by atoms with Gasteiger partial charge in [-0.15, -0.1) is 0 Å². The van der Waals surface area contributed by atoms with E-state index >= 15 is 0 Å². The van der Waals surface area contributed by atoms with Crippen molar-refractivity contribution in [3.8, 4) is 0 Å². The predicted molar refractivity (Wildman–Crippen MR) is 79.7 cm³/mol. The highest BCUT2D eigenvalue weighted by Crippen LogP contribution is 2.61. The molecule has 2 fully saturated rings. The van der Waals surface area contributed by atoms with E-state index < -0.39 is 62.3 Å². The highest BCUT2D eigenvalue weighted by molar-refractivity contribution is 7.48. The Balaban J connectivity index is 1.99. The minimum absolute atomic E-state index is 0.603. The van der Waals surface area contributed by atoms with Gasteiger partial charge in [0.1, 0.15) is 6.10 Å². The molecule has 1 aromatic rings. The van der Waals surface area contributed by atoms with Crippen molar-refractivity contribution in [2.24, 2.45) is 0 Å². The number of aromatic amines is 1. The Kier molecular flexibility index (Phi) is 4.91. The van der Waals surface area contributed by atoms with Gasteiger partial charge in [0.25, 0.3) is 12.0 Å². The van der Waals surface area contributed by atoms with Crippen LogP contribution in [0, 0.1) is 0 Å². The predicted octanol–water partition coefficient (Wildman–Crippen LogP) is 1.36. The molecule has 0 radical (unpaired) electrons. The summed E-state index contributed by atoms with van der Waals surface area (Å²) in [5.41, 5.74) is -4.40. The molecule has 0 saturated carbocycles. The quantitative estimate of drug-likeness (QED) is 0.760. The molecule has 0 spiro atoms. The van der Waals surface area contributed by atoms with Gasteiger partial charge in [0, 0.05) is 12.3 Å². The SMILES string of the molecule is CC(C)OP1(=O)OC[C@@]2(C(F)F)O[C@@H](n3ccc(=O)[nH]c3=O)[C@@H](F)[C@@H]2O1. The van der Waals surface area contributed by atoms with Crippen molar-refractivity contribution < 1.29 is 36.0 Å². The number of ether oxygens (including phenoxy) is 1. The lowest BCUT2D eigenvalue weighted by Gasteiger charge is -2.39. The lowest BCUT2D eigenvalue weighted by atomic mass is 9.97. The molecule has 0 aromatic carbocycles. The number of hydrogen-bond donors (Lipinski definition) is 1. The largest absolute Gasteiger partial charge is 0.475 e. The van der Waals surface area contributed by atoms with Crippen LogP contribution in [0.4, 0.5) is 13.2 Å². The molecule has 0 amide bonds. The summed E-state index contributed by atoms with van der Waals surface area (Å²) in [4.78, 5) is 24.8. The zero-order chi connectivity index (χ0) is 19.3. The van der Waals surface area contributed by atoms with E-state index in [1.165, 1.54) is 13.8 Å². The first-order valence-corrected chi connectivity index (χ1v) is 9.07. The summed E-state index contributed by atoms with van der Waals surface area (Å²) in [5, 5.41) is 0. The van der Waals surface area contributed by atoms with Crippen LogP contribution in [0.5, 0.6) is 0 Å². The molecule has 2 saturated heterocycles. The Morgan fingerprint density at radius 3 is 2.69 bits per heavy atom. The molecule has 9 nitrogen and oxygen atoms in total. The number of fused-ring (bicyclic) bond motifs is 1. The first kappa shape index (κ1) is 19.3. The summed E-state index contributed by atoms with van der Waals surface area (Å²) >= 11 is 0. The minimum atomic E-state index is -4.30. The number of phosphoric acid groups is 1. The number of halogens is 3. The van der Waals surface area contributed by atoms with Crippen molar-refractivity contribution in [3.63, 3.8) is 0 Å². The smallest absolute Gasteiger partial charge is 0.337 e. The molecule has 2 aliphatic rings. The van der Waals surface area contributed by atoms with Gasteiger partial charge in [-0.2, -0.15) is 0 Å². The fourth-order valence-corrected chi connectivity index (χ4v) is 4.40. The van der Waals surface area contributed by atoms with Gasteiger partial charge in [0.15, 0.2) is 18.0 Å². The van der Waals surface area contributed by atoms with E-state index in [2.05, 4.69) is 0 Å². The van der Waals surface area contributed by atoms with E-state index in [1.807, 2.05) is 4.98 Å². The molecule has 0 aliphatic carbocycles. The molecule has 1 unspecified atom stereocenters. The molecule has 2 aliphatic heterocycles. The fourth-order valence-electron chi connectivity index (χ4n) is 2.78. The number of hydrogen-bond acceptors (Lipinski definition) is 7. The molecular formula is C13H16F3N2O7P. The Morgan fingerprint density at radius 2 is 2.12 bits per heavy atom. The number of H-pyrrole nitrogens is 1. The van der Waals surface area contributed by atoms with E-state index in [4.69, 9.17) is 18.3 Å². The first-order valence-electron chi connectivity index (χ1n) is 7.61. The molecule has 0 bridgehead atoms. The summed E-state index contributed by atoms with van der Waals surface area (Å²) in [6.45, 7) is 2.04. The Morgan fingerprint density at radius 1 is 1.42 bits per heavy atom. The summed E-state index contributed by atoms with van der Waals surface area (Å²) in [7, 11) is -4.30.